The number of benzene rings is 1. The van der Waals surface area contributed by atoms with Crippen LogP contribution in [0.4, 0.5) is 5.69 Å². The summed E-state index contributed by atoms with van der Waals surface area (Å²) in [6.07, 6.45) is 2.27. The highest BCUT2D eigenvalue weighted by Gasteiger charge is 2.20. The van der Waals surface area contributed by atoms with E-state index in [-0.39, 0.29) is 11.8 Å². The van der Waals surface area contributed by atoms with E-state index in [4.69, 9.17) is 4.52 Å². The maximum Gasteiger partial charge on any atom is 0.267 e. The SMILES string of the molecule is CCCc1noc2nc(CC)cc(C(=O)Nc3ccc4[nH]c(C(=O)NC)cc4c3)c12. The molecule has 0 aliphatic heterocycles. The monoisotopic (exact) mass is 405 g/mol. The van der Waals surface area contributed by atoms with Gasteiger partial charge < -0.3 is 20.1 Å². The van der Waals surface area contributed by atoms with Gasteiger partial charge in [-0.1, -0.05) is 25.4 Å². The number of nitrogens with zero attached hydrogens (tertiary/aromatic N) is 2. The first-order valence-corrected chi connectivity index (χ1v) is 9.98. The largest absolute Gasteiger partial charge is 0.354 e. The number of aromatic nitrogens is 3. The van der Waals surface area contributed by atoms with E-state index in [1.807, 2.05) is 26.0 Å². The van der Waals surface area contributed by atoms with Crippen molar-refractivity contribution in [1.29, 1.82) is 0 Å². The normalized spacial score (nSPS) is 11.2. The second-order valence-electron chi connectivity index (χ2n) is 7.09. The van der Waals surface area contributed by atoms with Crippen LogP contribution in [-0.2, 0) is 12.8 Å². The zero-order valence-electron chi connectivity index (χ0n) is 17.1. The van der Waals surface area contributed by atoms with Gasteiger partial charge >= 0.3 is 0 Å². The lowest BCUT2D eigenvalue weighted by Crippen LogP contribution is -2.17. The summed E-state index contributed by atoms with van der Waals surface area (Å²) in [6.45, 7) is 4.02. The number of aromatic amines is 1. The first kappa shape index (κ1) is 19.6. The van der Waals surface area contributed by atoms with Crippen LogP contribution in [0, 0.1) is 0 Å². The number of hydrogen-bond acceptors (Lipinski definition) is 5. The van der Waals surface area contributed by atoms with Crippen LogP contribution < -0.4 is 10.6 Å². The van der Waals surface area contributed by atoms with Crippen LogP contribution in [0.15, 0.2) is 34.9 Å². The van der Waals surface area contributed by atoms with Gasteiger partial charge in [-0.2, -0.15) is 0 Å². The third kappa shape index (κ3) is 3.52. The summed E-state index contributed by atoms with van der Waals surface area (Å²) >= 11 is 0. The standard InChI is InChI=1S/C22H23N5O3/c1-4-6-17-19-15(11-13(5-2)25-22(19)30-27-17)20(28)24-14-7-8-16-12(9-14)10-18(26-16)21(29)23-3/h7-11,26H,4-6H2,1-3H3,(H,23,29)(H,24,28). The van der Waals surface area contributed by atoms with Gasteiger partial charge in [0.2, 0.25) is 0 Å². The molecule has 154 valence electrons. The van der Waals surface area contributed by atoms with Crippen molar-refractivity contribution >= 4 is 39.5 Å². The van der Waals surface area contributed by atoms with Crippen LogP contribution in [0.5, 0.6) is 0 Å². The zero-order chi connectivity index (χ0) is 21.3. The Morgan fingerprint density at radius 3 is 2.70 bits per heavy atom. The first-order chi connectivity index (χ1) is 14.5. The van der Waals surface area contributed by atoms with E-state index in [1.165, 1.54) is 0 Å². The lowest BCUT2D eigenvalue weighted by atomic mass is 10.1. The van der Waals surface area contributed by atoms with Crippen molar-refractivity contribution in [1.82, 2.24) is 20.4 Å². The van der Waals surface area contributed by atoms with Crippen molar-refractivity contribution in [2.24, 2.45) is 0 Å². The van der Waals surface area contributed by atoms with Gasteiger partial charge in [0.25, 0.3) is 17.5 Å². The fourth-order valence-corrected chi connectivity index (χ4v) is 3.49. The van der Waals surface area contributed by atoms with E-state index < -0.39 is 0 Å². The van der Waals surface area contributed by atoms with Gasteiger partial charge in [0.15, 0.2) is 0 Å². The van der Waals surface area contributed by atoms with Gasteiger partial charge in [-0.05, 0) is 43.2 Å². The fourth-order valence-electron chi connectivity index (χ4n) is 3.49. The summed E-state index contributed by atoms with van der Waals surface area (Å²) in [5, 5.41) is 11.2. The zero-order valence-corrected chi connectivity index (χ0v) is 17.1. The Hall–Kier alpha value is -3.68. The molecule has 0 aliphatic rings. The summed E-state index contributed by atoms with van der Waals surface area (Å²) in [6, 6.07) is 9.01. The Morgan fingerprint density at radius 2 is 1.97 bits per heavy atom. The molecule has 0 fully saturated rings. The summed E-state index contributed by atoms with van der Waals surface area (Å²) in [4.78, 5) is 32.5. The number of H-pyrrole nitrogens is 1. The fraction of sp³-hybridized carbons (Fsp3) is 0.273. The predicted molar refractivity (Wildman–Crippen MR) is 115 cm³/mol. The molecule has 0 unspecified atom stereocenters. The highest BCUT2D eigenvalue weighted by molar-refractivity contribution is 6.13. The van der Waals surface area contributed by atoms with E-state index in [0.717, 1.165) is 28.7 Å². The molecule has 0 saturated heterocycles. The molecule has 3 heterocycles. The maximum absolute atomic E-state index is 13.2. The molecule has 3 N–H and O–H groups in total. The third-order valence-electron chi connectivity index (χ3n) is 5.01. The highest BCUT2D eigenvalue weighted by Crippen LogP contribution is 2.26. The molecule has 4 aromatic rings. The van der Waals surface area contributed by atoms with Gasteiger partial charge in [-0.3, -0.25) is 9.59 Å². The molecule has 0 atom stereocenters. The average molecular weight is 405 g/mol. The molecule has 30 heavy (non-hydrogen) atoms. The summed E-state index contributed by atoms with van der Waals surface area (Å²) in [5.74, 6) is -0.446. The molecule has 2 amide bonds. The van der Waals surface area contributed by atoms with E-state index >= 15 is 0 Å². The molecule has 0 saturated carbocycles. The number of amides is 2. The van der Waals surface area contributed by atoms with Crippen molar-refractivity contribution in [2.45, 2.75) is 33.1 Å². The molecule has 0 radical (unpaired) electrons. The molecule has 0 bridgehead atoms. The van der Waals surface area contributed by atoms with Crippen LogP contribution in [0.3, 0.4) is 0 Å². The van der Waals surface area contributed by atoms with Crippen LogP contribution in [0.25, 0.3) is 22.0 Å². The number of aryl methyl sites for hydroxylation is 2. The second-order valence-corrected chi connectivity index (χ2v) is 7.09. The maximum atomic E-state index is 13.2. The predicted octanol–water partition coefficient (Wildman–Crippen LogP) is 3.83. The Balaban J connectivity index is 1.70. The number of anilines is 1. The number of pyridine rings is 1. The minimum absolute atomic E-state index is 0.195. The molecule has 1 aromatic carbocycles. The highest BCUT2D eigenvalue weighted by atomic mass is 16.5. The van der Waals surface area contributed by atoms with Gasteiger partial charge in [0.05, 0.1) is 16.6 Å². The van der Waals surface area contributed by atoms with Gasteiger partial charge in [0.1, 0.15) is 5.69 Å². The Labute approximate surface area is 173 Å². The van der Waals surface area contributed by atoms with Crippen LogP contribution in [-0.4, -0.2) is 34.0 Å². The lowest BCUT2D eigenvalue weighted by Gasteiger charge is -2.08. The minimum Gasteiger partial charge on any atom is -0.354 e. The van der Waals surface area contributed by atoms with Crippen LogP contribution in [0.1, 0.15) is 52.5 Å². The van der Waals surface area contributed by atoms with Crippen molar-refractivity contribution < 1.29 is 14.1 Å². The molecule has 0 aliphatic carbocycles. The number of carbonyl (C=O) groups excluding carboxylic acids is 2. The smallest absolute Gasteiger partial charge is 0.267 e. The van der Waals surface area contributed by atoms with Crippen molar-refractivity contribution in [2.75, 3.05) is 12.4 Å². The van der Waals surface area contributed by atoms with Gasteiger partial charge in [0, 0.05) is 29.3 Å². The Bertz CT molecular complexity index is 1250. The number of hydrogen-bond donors (Lipinski definition) is 3. The quantitative estimate of drug-likeness (QED) is 0.451. The number of fused-ring (bicyclic) bond motifs is 2. The second kappa shape index (κ2) is 7.98. The summed E-state index contributed by atoms with van der Waals surface area (Å²) in [7, 11) is 1.58. The molecule has 0 spiro atoms. The van der Waals surface area contributed by atoms with Crippen molar-refractivity contribution in [3.63, 3.8) is 0 Å². The number of carbonyl (C=O) groups is 2. The van der Waals surface area contributed by atoms with Gasteiger partial charge in [-0.25, -0.2) is 4.98 Å². The van der Waals surface area contributed by atoms with Crippen molar-refractivity contribution in [3.05, 3.63) is 53.0 Å². The molecule has 4 rings (SSSR count). The lowest BCUT2D eigenvalue weighted by molar-refractivity contribution is 0.0958. The van der Waals surface area contributed by atoms with E-state index in [1.54, 1.807) is 25.2 Å². The average Bonchev–Trinajstić information content (AvgIpc) is 3.36. The van der Waals surface area contributed by atoms with Crippen LogP contribution >= 0.6 is 0 Å². The van der Waals surface area contributed by atoms with E-state index in [0.29, 0.717) is 40.9 Å². The van der Waals surface area contributed by atoms with Gasteiger partial charge in [-0.15, -0.1) is 0 Å². The number of nitrogens with one attached hydrogen (secondary N) is 3. The first-order valence-electron chi connectivity index (χ1n) is 9.98. The molecule has 8 nitrogen and oxygen atoms in total. The Morgan fingerprint density at radius 1 is 1.13 bits per heavy atom. The van der Waals surface area contributed by atoms with Crippen molar-refractivity contribution in [3.8, 4) is 0 Å². The molecule has 8 heteroatoms. The third-order valence-corrected chi connectivity index (χ3v) is 5.01. The molecular formula is C22H23N5O3. The van der Waals surface area contributed by atoms with Crippen LogP contribution in [0.2, 0.25) is 0 Å². The Kier molecular flexibility index (Phi) is 5.22. The summed E-state index contributed by atoms with van der Waals surface area (Å²) in [5.41, 5.74) is 4.31. The number of rotatable bonds is 6. The molecular weight excluding hydrogens is 382 g/mol. The summed E-state index contributed by atoms with van der Waals surface area (Å²) < 4.78 is 5.40. The molecule has 3 aromatic heterocycles. The minimum atomic E-state index is -0.251. The van der Waals surface area contributed by atoms with E-state index in [2.05, 4.69) is 25.8 Å². The topological polar surface area (TPSA) is 113 Å². The van der Waals surface area contributed by atoms with E-state index in [9.17, 15) is 9.59 Å².